The summed E-state index contributed by atoms with van der Waals surface area (Å²) in [6, 6.07) is 0. The molecule has 0 rings (SSSR count). The second kappa shape index (κ2) is 2.99. The lowest BCUT2D eigenvalue weighted by atomic mass is 10.6. The van der Waals surface area contributed by atoms with Gasteiger partial charge in [0.2, 0.25) is 0 Å². The van der Waals surface area contributed by atoms with Gasteiger partial charge in [-0.3, -0.25) is 21.7 Å². The van der Waals surface area contributed by atoms with Crippen molar-refractivity contribution >= 4 is 0 Å². The smallest absolute Gasteiger partial charge is 0.131 e. The number of hydrogen-bond donors (Lipinski definition) is 3. The molecule has 6 N–H and O–H groups in total. The van der Waals surface area contributed by atoms with E-state index >= 15 is 0 Å². The van der Waals surface area contributed by atoms with Crippen LogP contribution in [0.5, 0.6) is 0 Å². The topological polar surface area (TPSA) is 78.1 Å². The van der Waals surface area contributed by atoms with Crippen LogP contribution in [0.3, 0.4) is 0 Å². The van der Waals surface area contributed by atoms with E-state index in [9.17, 15) is 0 Å². The number of nitrogens with zero attached hydrogens (tertiary/aromatic N) is 1. The molecule has 0 saturated heterocycles. The predicted molar refractivity (Wildman–Crippen MR) is 33.3 cm³/mol. The van der Waals surface area contributed by atoms with Gasteiger partial charge in [-0.15, -0.1) is 0 Å². The van der Waals surface area contributed by atoms with Crippen molar-refractivity contribution in [2.75, 3.05) is 27.1 Å². The van der Waals surface area contributed by atoms with Gasteiger partial charge in [0, 0.05) is 0 Å². The van der Waals surface area contributed by atoms with E-state index in [1.165, 1.54) is 0 Å². The van der Waals surface area contributed by atoms with E-state index in [4.69, 9.17) is 17.2 Å². The Morgan fingerprint density at radius 1 is 1.00 bits per heavy atom. The van der Waals surface area contributed by atoms with Gasteiger partial charge in [-0.25, -0.2) is 0 Å². The molecule has 8 heavy (non-hydrogen) atoms. The Morgan fingerprint density at radius 3 is 1.25 bits per heavy atom. The zero-order chi connectivity index (χ0) is 6.62. The number of rotatable bonds is 3. The fraction of sp³-hybridized carbons (Fsp3) is 1.00. The quantitative estimate of drug-likeness (QED) is 0.302. The SMILES string of the molecule is C[N+](CN)(CN)CN. The molecule has 0 spiro atoms. The lowest BCUT2D eigenvalue weighted by Gasteiger charge is -2.28. The molecule has 0 atom stereocenters. The molecule has 4 nitrogen and oxygen atoms in total. The van der Waals surface area contributed by atoms with E-state index in [-0.39, 0.29) is 0 Å². The Bertz CT molecular complexity index is 50.8. The Morgan fingerprint density at radius 2 is 1.25 bits per heavy atom. The first-order valence-electron chi connectivity index (χ1n) is 2.62. The molecule has 0 fully saturated rings. The van der Waals surface area contributed by atoms with Gasteiger partial charge < -0.3 is 0 Å². The Balaban J connectivity index is 3.58. The van der Waals surface area contributed by atoms with E-state index in [1.807, 2.05) is 7.05 Å². The van der Waals surface area contributed by atoms with Gasteiger partial charge in [0.05, 0.1) is 7.05 Å². The molecule has 0 radical (unpaired) electrons. The summed E-state index contributed by atoms with van der Waals surface area (Å²) in [5.41, 5.74) is 16.0. The summed E-state index contributed by atoms with van der Waals surface area (Å²) in [5.74, 6) is 0. The van der Waals surface area contributed by atoms with Crippen LogP contribution in [0.15, 0.2) is 0 Å². The summed E-state index contributed by atoms with van der Waals surface area (Å²) in [7, 11) is 1.92. The zero-order valence-corrected chi connectivity index (χ0v) is 5.30. The minimum atomic E-state index is 0.507. The van der Waals surface area contributed by atoms with Gasteiger partial charge >= 0.3 is 0 Å². The Kier molecular flexibility index (Phi) is 2.93. The van der Waals surface area contributed by atoms with Gasteiger partial charge in [0.15, 0.2) is 0 Å². The van der Waals surface area contributed by atoms with Crippen molar-refractivity contribution < 1.29 is 4.48 Å². The van der Waals surface area contributed by atoms with E-state index in [1.54, 1.807) is 0 Å². The Hall–Kier alpha value is -0.160. The standard InChI is InChI=1S/C4H15N4/c1-8(2-5,3-6)4-7/h2-7H2,1H3/q+1. The van der Waals surface area contributed by atoms with Crippen LogP contribution in [-0.4, -0.2) is 31.5 Å². The van der Waals surface area contributed by atoms with E-state index < -0.39 is 0 Å². The first-order valence-corrected chi connectivity index (χ1v) is 2.62. The third-order valence-electron chi connectivity index (χ3n) is 1.32. The summed E-state index contributed by atoms with van der Waals surface area (Å²) >= 11 is 0. The van der Waals surface area contributed by atoms with Crippen LogP contribution >= 0.6 is 0 Å². The van der Waals surface area contributed by atoms with Gasteiger partial charge in [-0.05, 0) is 0 Å². The van der Waals surface area contributed by atoms with Crippen molar-refractivity contribution in [3.63, 3.8) is 0 Å². The molecule has 0 aromatic heterocycles. The van der Waals surface area contributed by atoms with Crippen LogP contribution in [0.1, 0.15) is 0 Å². The van der Waals surface area contributed by atoms with Crippen molar-refractivity contribution in [3.05, 3.63) is 0 Å². The first kappa shape index (κ1) is 7.84. The van der Waals surface area contributed by atoms with Gasteiger partial charge in [-0.2, -0.15) is 0 Å². The van der Waals surface area contributed by atoms with Crippen LogP contribution in [-0.2, 0) is 0 Å². The second-order valence-electron chi connectivity index (χ2n) is 2.17. The van der Waals surface area contributed by atoms with Crippen LogP contribution in [0, 0.1) is 0 Å². The molecule has 0 bridgehead atoms. The minimum Gasteiger partial charge on any atom is -0.290 e. The molecule has 0 aliphatic heterocycles. The normalized spacial score (nSPS) is 12.0. The highest BCUT2D eigenvalue weighted by Crippen LogP contribution is 1.88. The zero-order valence-electron chi connectivity index (χ0n) is 5.30. The van der Waals surface area contributed by atoms with Crippen molar-refractivity contribution in [2.24, 2.45) is 17.2 Å². The second-order valence-corrected chi connectivity index (χ2v) is 2.17. The summed E-state index contributed by atoms with van der Waals surface area (Å²) in [6.07, 6.45) is 0. The maximum atomic E-state index is 5.34. The molecule has 4 heteroatoms. The van der Waals surface area contributed by atoms with E-state index in [0.29, 0.717) is 24.5 Å². The molecule has 0 aromatic rings. The maximum absolute atomic E-state index is 5.34. The molecule has 0 heterocycles. The largest absolute Gasteiger partial charge is 0.290 e. The van der Waals surface area contributed by atoms with E-state index in [2.05, 4.69) is 0 Å². The van der Waals surface area contributed by atoms with Crippen LogP contribution < -0.4 is 17.2 Å². The number of nitrogens with two attached hydrogens (primary N) is 3. The highest BCUT2D eigenvalue weighted by molar-refractivity contribution is 4.20. The highest BCUT2D eigenvalue weighted by atomic mass is 15.4. The van der Waals surface area contributed by atoms with Gasteiger partial charge in [-0.1, -0.05) is 0 Å². The predicted octanol–water partition coefficient (Wildman–Crippen LogP) is -1.82. The molecule has 50 valence electrons. The van der Waals surface area contributed by atoms with E-state index in [0.717, 1.165) is 0 Å². The molecular weight excluding hydrogens is 104 g/mol. The van der Waals surface area contributed by atoms with Crippen molar-refractivity contribution in [1.29, 1.82) is 0 Å². The molecule has 0 aliphatic rings. The molecule has 0 aliphatic carbocycles. The average Bonchev–Trinajstić information content (AvgIpc) is 1.87. The van der Waals surface area contributed by atoms with Crippen LogP contribution in [0.2, 0.25) is 0 Å². The number of quaternary nitrogens is 1. The molecule has 0 saturated carbocycles. The summed E-state index contributed by atoms with van der Waals surface area (Å²) in [6.45, 7) is 1.52. The van der Waals surface area contributed by atoms with Crippen LogP contribution in [0.25, 0.3) is 0 Å². The summed E-state index contributed by atoms with van der Waals surface area (Å²) in [5, 5.41) is 0. The molecular formula is C4H15N4+. The molecule has 0 unspecified atom stereocenters. The third kappa shape index (κ3) is 1.75. The monoisotopic (exact) mass is 119 g/mol. The lowest BCUT2D eigenvalue weighted by molar-refractivity contribution is -0.908. The fourth-order valence-corrected chi connectivity index (χ4v) is 0.224. The summed E-state index contributed by atoms with van der Waals surface area (Å²) < 4.78 is 0.542. The minimum absolute atomic E-state index is 0.507. The molecule has 0 aromatic carbocycles. The Labute approximate surface area is 49.8 Å². The highest BCUT2D eigenvalue weighted by Gasteiger charge is 2.12. The molecule has 0 amide bonds. The lowest BCUT2D eigenvalue weighted by Crippen LogP contribution is -2.54. The van der Waals surface area contributed by atoms with Crippen LogP contribution in [0.4, 0.5) is 0 Å². The maximum Gasteiger partial charge on any atom is 0.131 e. The van der Waals surface area contributed by atoms with Crippen molar-refractivity contribution in [3.8, 4) is 0 Å². The first-order chi connectivity index (χ1) is 3.68. The third-order valence-corrected chi connectivity index (χ3v) is 1.32. The summed E-state index contributed by atoms with van der Waals surface area (Å²) in [4.78, 5) is 0. The van der Waals surface area contributed by atoms with Crippen molar-refractivity contribution in [1.82, 2.24) is 0 Å². The number of hydrogen-bond acceptors (Lipinski definition) is 3. The van der Waals surface area contributed by atoms with Gasteiger partial charge in [0.1, 0.15) is 20.0 Å². The fourth-order valence-electron chi connectivity index (χ4n) is 0.224. The van der Waals surface area contributed by atoms with Gasteiger partial charge in [0.25, 0.3) is 0 Å². The van der Waals surface area contributed by atoms with Crippen molar-refractivity contribution in [2.45, 2.75) is 0 Å². The average molecular weight is 119 g/mol.